The number of benzene rings is 1. The predicted molar refractivity (Wildman–Crippen MR) is 73.2 cm³/mol. The standard InChI is InChI=1S/C14H19N3O2/c1-10-8-17(9-12-7-16-14(18)19-12)13-5-3-2-4-11(13)6-15-10/h2-5,10,12,15H,6-9H2,1H3,(H,16,18). The fourth-order valence-corrected chi connectivity index (χ4v) is 2.70. The fraction of sp³-hybridized carbons (Fsp3) is 0.500. The third kappa shape index (κ3) is 2.66. The van der Waals surface area contributed by atoms with Gasteiger partial charge in [-0.3, -0.25) is 0 Å². The molecule has 1 amide bonds. The number of nitrogens with one attached hydrogen (secondary N) is 2. The summed E-state index contributed by atoms with van der Waals surface area (Å²) in [6.45, 7) is 5.32. The van der Waals surface area contributed by atoms with E-state index >= 15 is 0 Å². The summed E-state index contributed by atoms with van der Waals surface area (Å²) in [5.41, 5.74) is 2.53. The van der Waals surface area contributed by atoms with E-state index in [4.69, 9.17) is 4.74 Å². The molecule has 1 aromatic carbocycles. The SMILES string of the molecule is CC1CN(CC2CNC(=O)O2)c2ccccc2CN1. The van der Waals surface area contributed by atoms with Crippen LogP contribution < -0.4 is 15.5 Å². The van der Waals surface area contributed by atoms with E-state index in [9.17, 15) is 4.79 Å². The third-order valence-corrected chi connectivity index (χ3v) is 3.64. The van der Waals surface area contributed by atoms with Crippen molar-refractivity contribution in [2.24, 2.45) is 0 Å². The quantitative estimate of drug-likeness (QED) is 0.837. The van der Waals surface area contributed by atoms with Crippen LogP contribution in [0.1, 0.15) is 12.5 Å². The average molecular weight is 261 g/mol. The third-order valence-electron chi connectivity index (χ3n) is 3.64. The second kappa shape index (κ2) is 5.09. The summed E-state index contributed by atoms with van der Waals surface area (Å²) in [7, 11) is 0. The monoisotopic (exact) mass is 261 g/mol. The number of rotatable bonds is 2. The number of amides is 1. The molecule has 0 aliphatic carbocycles. The van der Waals surface area contributed by atoms with Gasteiger partial charge in [0.1, 0.15) is 6.10 Å². The van der Waals surface area contributed by atoms with E-state index in [1.54, 1.807) is 0 Å². The van der Waals surface area contributed by atoms with Crippen LogP contribution in [-0.2, 0) is 11.3 Å². The van der Waals surface area contributed by atoms with E-state index in [1.807, 2.05) is 0 Å². The minimum absolute atomic E-state index is 0.0640. The molecule has 0 saturated carbocycles. The van der Waals surface area contributed by atoms with Gasteiger partial charge in [0.05, 0.1) is 13.1 Å². The number of anilines is 1. The van der Waals surface area contributed by atoms with Crippen molar-refractivity contribution < 1.29 is 9.53 Å². The van der Waals surface area contributed by atoms with Crippen molar-refractivity contribution >= 4 is 11.8 Å². The Balaban J connectivity index is 1.80. The van der Waals surface area contributed by atoms with Crippen LogP contribution >= 0.6 is 0 Å². The molecule has 2 atom stereocenters. The summed E-state index contributed by atoms with van der Waals surface area (Å²) in [6.07, 6.45) is -0.370. The lowest BCUT2D eigenvalue weighted by Crippen LogP contribution is -2.40. The van der Waals surface area contributed by atoms with Crippen molar-refractivity contribution in [3.8, 4) is 0 Å². The fourth-order valence-electron chi connectivity index (χ4n) is 2.70. The molecule has 1 aromatic rings. The van der Waals surface area contributed by atoms with E-state index in [1.165, 1.54) is 11.3 Å². The molecule has 2 aliphatic rings. The molecule has 1 fully saturated rings. The van der Waals surface area contributed by atoms with Crippen LogP contribution in [0.3, 0.4) is 0 Å². The summed E-state index contributed by atoms with van der Waals surface area (Å²) in [6, 6.07) is 8.82. The van der Waals surface area contributed by atoms with Crippen molar-refractivity contribution in [2.75, 3.05) is 24.5 Å². The second-order valence-electron chi connectivity index (χ2n) is 5.22. The highest BCUT2D eigenvalue weighted by atomic mass is 16.6. The van der Waals surface area contributed by atoms with Gasteiger partial charge < -0.3 is 20.3 Å². The maximum Gasteiger partial charge on any atom is 0.407 e. The van der Waals surface area contributed by atoms with Gasteiger partial charge in [0.2, 0.25) is 0 Å². The predicted octanol–water partition coefficient (Wildman–Crippen LogP) is 1.09. The zero-order chi connectivity index (χ0) is 13.2. The molecule has 2 unspecified atom stereocenters. The molecule has 2 heterocycles. The van der Waals surface area contributed by atoms with Crippen LogP contribution in [0.4, 0.5) is 10.5 Å². The summed E-state index contributed by atoms with van der Waals surface area (Å²) in [5.74, 6) is 0. The van der Waals surface area contributed by atoms with Crippen molar-refractivity contribution in [3.05, 3.63) is 29.8 Å². The average Bonchev–Trinajstić information content (AvgIpc) is 2.74. The number of carbonyl (C=O) groups is 1. The molecular weight excluding hydrogens is 242 g/mol. The first kappa shape index (κ1) is 12.3. The Morgan fingerprint density at radius 2 is 2.26 bits per heavy atom. The maximum absolute atomic E-state index is 11.1. The number of para-hydroxylation sites is 1. The van der Waals surface area contributed by atoms with E-state index in [2.05, 4.69) is 46.7 Å². The van der Waals surface area contributed by atoms with Crippen LogP contribution in [-0.4, -0.2) is 37.9 Å². The number of hydrogen-bond acceptors (Lipinski definition) is 4. The minimum atomic E-state index is -0.306. The largest absolute Gasteiger partial charge is 0.442 e. The first-order valence-electron chi connectivity index (χ1n) is 6.73. The lowest BCUT2D eigenvalue weighted by molar-refractivity contribution is 0.142. The molecule has 1 saturated heterocycles. The molecule has 0 aromatic heterocycles. The van der Waals surface area contributed by atoms with Gasteiger partial charge in [-0.05, 0) is 18.6 Å². The second-order valence-corrected chi connectivity index (χ2v) is 5.22. The van der Waals surface area contributed by atoms with Gasteiger partial charge in [-0.15, -0.1) is 0 Å². The highest BCUT2D eigenvalue weighted by Crippen LogP contribution is 2.24. The van der Waals surface area contributed by atoms with Gasteiger partial charge in [0.15, 0.2) is 0 Å². The zero-order valence-corrected chi connectivity index (χ0v) is 11.1. The zero-order valence-electron chi connectivity index (χ0n) is 11.1. The van der Waals surface area contributed by atoms with E-state index in [0.717, 1.165) is 19.6 Å². The molecule has 0 radical (unpaired) electrons. The molecule has 2 aliphatic heterocycles. The van der Waals surface area contributed by atoms with Crippen molar-refractivity contribution in [2.45, 2.75) is 25.6 Å². The van der Waals surface area contributed by atoms with Gasteiger partial charge in [-0.25, -0.2) is 4.79 Å². The van der Waals surface area contributed by atoms with Crippen LogP contribution in [0, 0.1) is 0 Å². The van der Waals surface area contributed by atoms with Crippen LogP contribution in [0.2, 0.25) is 0 Å². The number of hydrogen-bond donors (Lipinski definition) is 2. The molecule has 0 spiro atoms. The van der Waals surface area contributed by atoms with Crippen molar-refractivity contribution in [1.29, 1.82) is 0 Å². The molecule has 5 heteroatoms. The summed E-state index contributed by atoms with van der Waals surface area (Å²) in [5, 5.41) is 6.21. The first-order valence-corrected chi connectivity index (χ1v) is 6.73. The topological polar surface area (TPSA) is 53.6 Å². The van der Waals surface area contributed by atoms with Gasteiger partial charge in [0, 0.05) is 24.8 Å². The smallest absolute Gasteiger partial charge is 0.407 e. The summed E-state index contributed by atoms with van der Waals surface area (Å²) in [4.78, 5) is 13.4. The Kier molecular flexibility index (Phi) is 3.29. The Bertz CT molecular complexity index is 478. The highest BCUT2D eigenvalue weighted by molar-refractivity contribution is 5.69. The number of fused-ring (bicyclic) bond motifs is 1. The molecule has 0 bridgehead atoms. The van der Waals surface area contributed by atoms with Crippen LogP contribution in [0.5, 0.6) is 0 Å². The number of nitrogens with zero attached hydrogens (tertiary/aromatic N) is 1. The Morgan fingerprint density at radius 1 is 1.42 bits per heavy atom. The maximum atomic E-state index is 11.1. The Hall–Kier alpha value is -1.75. The summed E-state index contributed by atoms with van der Waals surface area (Å²) >= 11 is 0. The van der Waals surface area contributed by atoms with E-state index in [-0.39, 0.29) is 12.2 Å². The number of carbonyl (C=O) groups excluding carboxylic acids is 1. The molecule has 3 rings (SSSR count). The Labute approximate surface area is 112 Å². The lowest BCUT2D eigenvalue weighted by Gasteiger charge is -2.28. The number of cyclic esters (lactones) is 1. The molecule has 19 heavy (non-hydrogen) atoms. The molecule has 2 N–H and O–H groups in total. The van der Waals surface area contributed by atoms with Gasteiger partial charge in [0.25, 0.3) is 0 Å². The minimum Gasteiger partial charge on any atom is -0.442 e. The lowest BCUT2D eigenvalue weighted by atomic mass is 10.1. The highest BCUT2D eigenvalue weighted by Gasteiger charge is 2.27. The Morgan fingerprint density at radius 3 is 3.05 bits per heavy atom. The van der Waals surface area contributed by atoms with Crippen LogP contribution in [0.15, 0.2) is 24.3 Å². The van der Waals surface area contributed by atoms with Gasteiger partial charge in [-0.2, -0.15) is 0 Å². The first-order chi connectivity index (χ1) is 9.22. The molecular formula is C14H19N3O2. The normalized spacial score (nSPS) is 26.4. The molecule has 5 nitrogen and oxygen atoms in total. The van der Waals surface area contributed by atoms with Crippen LogP contribution in [0.25, 0.3) is 0 Å². The molecule has 102 valence electrons. The number of alkyl carbamates (subject to hydrolysis) is 1. The van der Waals surface area contributed by atoms with Crippen molar-refractivity contribution in [1.82, 2.24) is 10.6 Å². The van der Waals surface area contributed by atoms with Gasteiger partial charge >= 0.3 is 6.09 Å². The van der Waals surface area contributed by atoms with Gasteiger partial charge in [-0.1, -0.05) is 18.2 Å². The van der Waals surface area contributed by atoms with E-state index in [0.29, 0.717) is 12.6 Å². The van der Waals surface area contributed by atoms with E-state index < -0.39 is 0 Å². The van der Waals surface area contributed by atoms with Crippen molar-refractivity contribution in [3.63, 3.8) is 0 Å². The summed E-state index contributed by atoms with van der Waals surface area (Å²) < 4.78 is 5.24. The number of ether oxygens (including phenoxy) is 1.